The number of hydrogen-bond acceptors (Lipinski definition) is 4. The Balaban J connectivity index is 0.00000280. The number of nitrogens with one attached hydrogen (secondary N) is 2. The lowest BCUT2D eigenvalue weighted by Crippen LogP contribution is -2.44. The van der Waals surface area contributed by atoms with Crippen LogP contribution in [0.4, 0.5) is 11.5 Å². The first-order valence-electron chi connectivity index (χ1n) is 9.46. The lowest BCUT2D eigenvalue weighted by molar-refractivity contribution is 0.648. The quantitative estimate of drug-likeness (QED) is 0.381. The third-order valence-corrected chi connectivity index (χ3v) is 4.88. The number of hydrogen-bond donors (Lipinski definition) is 2. The molecule has 6 nitrogen and oxygen atoms in total. The van der Waals surface area contributed by atoms with E-state index in [1.807, 2.05) is 38.3 Å². The van der Waals surface area contributed by atoms with Crippen LogP contribution in [0.25, 0.3) is 0 Å². The Morgan fingerprint density at radius 2 is 2.00 bits per heavy atom. The van der Waals surface area contributed by atoms with E-state index in [0.717, 1.165) is 37.8 Å². The second kappa shape index (κ2) is 10.5. The number of benzene rings is 1. The van der Waals surface area contributed by atoms with Crippen LogP contribution in [0.5, 0.6) is 0 Å². The minimum absolute atomic E-state index is 0. The van der Waals surface area contributed by atoms with E-state index in [-0.39, 0.29) is 24.0 Å². The topological polar surface area (TPSA) is 55.8 Å². The van der Waals surface area contributed by atoms with Crippen molar-refractivity contribution in [2.24, 2.45) is 4.99 Å². The number of pyridine rings is 1. The lowest BCUT2D eigenvalue weighted by Gasteiger charge is -2.20. The van der Waals surface area contributed by atoms with E-state index in [1.54, 1.807) is 0 Å². The highest BCUT2D eigenvalue weighted by molar-refractivity contribution is 14.0. The van der Waals surface area contributed by atoms with Gasteiger partial charge in [0.05, 0.1) is 0 Å². The van der Waals surface area contributed by atoms with Crippen LogP contribution in [0.1, 0.15) is 17.5 Å². The van der Waals surface area contributed by atoms with Gasteiger partial charge >= 0.3 is 0 Å². The minimum atomic E-state index is 0. The van der Waals surface area contributed by atoms with Gasteiger partial charge in [-0.25, -0.2) is 4.98 Å². The Hall–Kier alpha value is -2.03. The van der Waals surface area contributed by atoms with Crippen molar-refractivity contribution < 1.29 is 0 Å². The fraction of sp³-hybridized carbons (Fsp3) is 0.429. The van der Waals surface area contributed by atoms with Crippen LogP contribution in [-0.4, -0.2) is 51.2 Å². The summed E-state index contributed by atoms with van der Waals surface area (Å²) in [4.78, 5) is 13.2. The van der Waals surface area contributed by atoms with Crippen LogP contribution in [0.2, 0.25) is 0 Å². The van der Waals surface area contributed by atoms with Gasteiger partial charge in [0.25, 0.3) is 0 Å². The molecule has 0 aliphatic carbocycles. The molecule has 1 aromatic heterocycles. The summed E-state index contributed by atoms with van der Waals surface area (Å²) in [6, 6.07) is 13.3. The van der Waals surface area contributed by atoms with Crippen LogP contribution >= 0.6 is 24.0 Å². The summed E-state index contributed by atoms with van der Waals surface area (Å²) in [5.74, 6) is 1.80. The summed E-state index contributed by atoms with van der Waals surface area (Å²) in [7, 11) is 5.82. The van der Waals surface area contributed by atoms with E-state index in [9.17, 15) is 0 Å². The second-order valence-corrected chi connectivity index (χ2v) is 7.25. The molecule has 0 bridgehead atoms. The largest absolute Gasteiger partial charge is 0.369 e. The first kappa shape index (κ1) is 22.3. The van der Waals surface area contributed by atoms with Crippen LogP contribution in [0, 0.1) is 6.92 Å². The molecule has 7 heteroatoms. The molecule has 2 heterocycles. The molecule has 1 atom stereocenters. The molecule has 0 spiro atoms. The first-order valence-corrected chi connectivity index (χ1v) is 9.46. The average molecular weight is 494 g/mol. The molecule has 1 unspecified atom stereocenters. The number of aryl methyl sites for hydroxylation is 1. The predicted octanol–water partition coefficient (Wildman–Crippen LogP) is 3.02. The number of aliphatic imine (C=N–C) groups is 1. The van der Waals surface area contributed by atoms with Gasteiger partial charge in [0, 0.05) is 58.7 Å². The zero-order chi connectivity index (χ0) is 19.2. The van der Waals surface area contributed by atoms with Gasteiger partial charge in [-0.15, -0.1) is 24.0 Å². The molecule has 0 radical (unpaired) electrons. The first-order chi connectivity index (χ1) is 13.0. The normalized spacial score (nSPS) is 16.5. The standard InChI is InChI=1S/C21H30N6.HI/c1-16-5-7-19(8-6-16)27-12-10-18(15-27)25-21(22-2)24-14-17-9-11-23-20(13-17)26(3)4;/h5-9,11,13,18H,10,12,14-15H2,1-4H3,(H2,22,24,25);1H. The molecule has 2 N–H and O–H groups in total. The Morgan fingerprint density at radius 3 is 2.68 bits per heavy atom. The van der Waals surface area contributed by atoms with E-state index in [2.05, 4.69) is 62.8 Å². The van der Waals surface area contributed by atoms with Gasteiger partial charge in [0.15, 0.2) is 5.96 Å². The summed E-state index contributed by atoms with van der Waals surface area (Å²) in [5, 5.41) is 6.97. The minimum Gasteiger partial charge on any atom is -0.369 e. The van der Waals surface area contributed by atoms with Gasteiger partial charge < -0.3 is 20.4 Å². The predicted molar refractivity (Wildman–Crippen MR) is 129 cm³/mol. The van der Waals surface area contributed by atoms with E-state index in [0.29, 0.717) is 6.04 Å². The molecule has 1 aromatic carbocycles. The Morgan fingerprint density at radius 1 is 1.25 bits per heavy atom. The third-order valence-electron chi connectivity index (χ3n) is 4.88. The highest BCUT2D eigenvalue weighted by atomic mass is 127. The lowest BCUT2D eigenvalue weighted by atomic mass is 10.2. The van der Waals surface area contributed by atoms with Crippen molar-refractivity contribution in [3.8, 4) is 0 Å². The monoisotopic (exact) mass is 494 g/mol. The zero-order valence-corrected chi connectivity index (χ0v) is 19.5. The molecule has 152 valence electrons. The number of rotatable bonds is 5. The number of anilines is 2. The molecule has 0 saturated carbocycles. The number of guanidine groups is 1. The Labute approximate surface area is 185 Å². The van der Waals surface area contributed by atoms with Crippen molar-refractivity contribution >= 4 is 41.4 Å². The van der Waals surface area contributed by atoms with Crippen LogP contribution < -0.4 is 20.4 Å². The smallest absolute Gasteiger partial charge is 0.191 e. The van der Waals surface area contributed by atoms with Crippen molar-refractivity contribution in [1.82, 2.24) is 15.6 Å². The summed E-state index contributed by atoms with van der Waals surface area (Å²) in [6.45, 7) is 4.90. The van der Waals surface area contributed by atoms with Crippen molar-refractivity contribution in [3.05, 3.63) is 53.7 Å². The van der Waals surface area contributed by atoms with Crippen LogP contribution in [0.3, 0.4) is 0 Å². The summed E-state index contributed by atoms with van der Waals surface area (Å²) >= 11 is 0. The molecule has 1 fully saturated rings. The number of halogens is 1. The van der Waals surface area contributed by atoms with E-state index in [1.165, 1.54) is 16.8 Å². The molecule has 28 heavy (non-hydrogen) atoms. The third kappa shape index (κ3) is 5.98. The van der Waals surface area contributed by atoms with Crippen molar-refractivity contribution in [3.63, 3.8) is 0 Å². The van der Waals surface area contributed by atoms with Gasteiger partial charge in [0.2, 0.25) is 0 Å². The van der Waals surface area contributed by atoms with E-state index < -0.39 is 0 Å². The molecule has 0 amide bonds. The van der Waals surface area contributed by atoms with E-state index >= 15 is 0 Å². The maximum atomic E-state index is 4.38. The number of aromatic nitrogens is 1. The molecule has 3 rings (SSSR count). The van der Waals surface area contributed by atoms with Gasteiger partial charge in [0.1, 0.15) is 5.82 Å². The van der Waals surface area contributed by atoms with Gasteiger partial charge in [-0.3, -0.25) is 4.99 Å². The average Bonchev–Trinajstić information content (AvgIpc) is 3.14. The SMILES string of the molecule is CN=C(NCc1ccnc(N(C)C)c1)NC1CCN(c2ccc(C)cc2)C1.I. The molecule has 1 saturated heterocycles. The van der Waals surface area contributed by atoms with Gasteiger partial charge in [-0.1, -0.05) is 17.7 Å². The van der Waals surface area contributed by atoms with Crippen molar-refractivity contribution in [1.29, 1.82) is 0 Å². The maximum absolute atomic E-state index is 4.38. The van der Waals surface area contributed by atoms with E-state index in [4.69, 9.17) is 0 Å². The highest BCUT2D eigenvalue weighted by Crippen LogP contribution is 2.20. The van der Waals surface area contributed by atoms with Crippen LogP contribution in [0.15, 0.2) is 47.6 Å². The molecule has 1 aliphatic heterocycles. The molecular weight excluding hydrogens is 463 g/mol. The van der Waals surface area contributed by atoms with Gasteiger partial charge in [-0.2, -0.15) is 0 Å². The summed E-state index contributed by atoms with van der Waals surface area (Å²) in [6.07, 6.45) is 2.95. The highest BCUT2D eigenvalue weighted by Gasteiger charge is 2.23. The van der Waals surface area contributed by atoms with Crippen molar-refractivity contribution in [2.45, 2.75) is 25.9 Å². The maximum Gasteiger partial charge on any atom is 0.191 e. The fourth-order valence-corrected chi connectivity index (χ4v) is 3.26. The molecule has 2 aromatic rings. The molecular formula is C21H31IN6. The fourth-order valence-electron chi connectivity index (χ4n) is 3.26. The Bertz CT molecular complexity index is 775. The molecule has 1 aliphatic rings. The van der Waals surface area contributed by atoms with Gasteiger partial charge in [-0.05, 0) is 43.2 Å². The summed E-state index contributed by atoms with van der Waals surface area (Å²) in [5.41, 5.74) is 3.77. The number of nitrogens with zero attached hydrogens (tertiary/aromatic N) is 4. The summed E-state index contributed by atoms with van der Waals surface area (Å²) < 4.78 is 0. The Kier molecular flexibility index (Phi) is 8.35. The second-order valence-electron chi connectivity index (χ2n) is 7.25. The van der Waals surface area contributed by atoms with Crippen molar-refractivity contribution in [2.75, 3.05) is 44.0 Å². The zero-order valence-electron chi connectivity index (χ0n) is 17.1. The van der Waals surface area contributed by atoms with Crippen LogP contribution in [-0.2, 0) is 6.54 Å².